The standard InChI is InChI=1S/C11H19F3N2O4S/c1-21(19,20)16-4-2-3-9(7-16)10(18)15(5-6-17)8-11(12,13)14/h9,17H,2-8H2,1H3. The van der Waals surface area contributed by atoms with Crippen molar-refractivity contribution in [2.24, 2.45) is 5.92 Å². The molecule has 1 aliphatic rings. The Morgan fingerprint density at radius 1 is 1.43 bits per heavy atom. The molecule has 1 atom stereocenters. The largest absolute Gasteiger partial charge is 0.406 e. The zero-order chi connectivity index (χ0) is 16.3. The van der Waals surface area contributed by atoms with Gasteiger partial charge in [0.05, 0.1) is 18.8 Å². The zero-order valence-electron chi connectivity index (χ0n) is 11.6. The van der Waals surface area contributed by atoms with Crippen LogP contribution in [0.4, 0.5) is 13.2 Å². The van der Waals surface area contributed by atoms with Crippen molar-refractivity contribution >= 4 is 15.9 Å². The number of hydrogen-bond donors (Lipinski definition) is 1. The number of sulfonamides is 1. The van der Waals surface area contributed by atoms with Crippen LogP contribution in [0.5, 0.6) is 0 Å². The number of aliphatic hydroxyl groups is 1. The smallest absolute Gasteiger partial charge is 0.395 e. The highest BCUT2D eigenvalue weighted by Gasteiger charge is 2.37. The van der Waals surface area contributed by atoms with Gasteiger partial charge in [-0.05, 0) is 12.8 Å². The molecule has 1 aliphatic heterocycles. The third kappa shape index (κ3) is 5.79. The summed E-state index contributed by atoms with van der Waals surface area (Å²) in [5.74, 6) is -1.57. The van der Waals surface area contributed by atoms with Crippen molar-refractivity contribution in [2.45, 2.75) is 19.0 Å². The van der Waals surface area contributed by atoms with Gasteiger partial charge in [0.15, 0.2) is 0 Å². The average molecular weight is 332 g/mol. The Morgan fingerprint density at radius 2 is 2.05 bits per heavy atom. The van der Waals surface area contributed by atoms with E-state index in [9.17, 15) is 26.4 Å². The predicted molar refractivity (Wildman–Crippen MR) is 68.9 cm³/mol. The van der Waals surface area contributed by atoms with Gasteiger partial charge in [-0.15, -0.1) is 0 Å². The van der Waals surface area contributed by atoms with E-state index in [0.29, 0.717) is 17.7 Å². The highest BCUT2D eigenvalue weighted by Crippen LogP contribution is 2.23. The molecule has 0 aromatic heterocycles. The van der Waals surface area contributed by atoms with E-state index in [0.717, 1.165) is 10.6 Å². The number of hydrogen-bond acceptors (Lipinski definition) is 4. The van der Waals surface area contributed by atoms with E-state index >= 15 is 0 Å². The highest BCUT2D eigenvalue weighted by atomic mass is 32.2. The molecule has 1 rings (SSSR count). The van der Waals surface area contributed by atoms with Gasteiger partial charge in [-0.2, -0.15) is 13.2 Å². The van der Waals surface area contributed by atoms with Crippen LogP contribution in [-0.2, 0) is 14.8 Å². The Labute approximate surface area is 121 Å². The van der Waals surface area contributed by atoms with Crippen molar-refractivity contribution < 1.29 is 31.5 Å². The first-order valence-electron chi connectivity index (χ1n) is 6.46. The van der Waals surface area contributed by atoms with E-state index in [4.69, 9.17) is 5.11 Å². The normalized spacial score (nSPS) is 21.3. The second-order valence-corrected chi connectivity index (χ2v) is 7.04. The van der Waals surface area contributed by atoms with Crippen molar-refractivity contribution in [3.8, 4) is 0 Å². The molecule has 0 aliphatic carbocycles. The van der Waals surface area contributed by atoms with Crippen molar-refractivity contribution in [3.63, 3.8) is 0 Å². The topological polar surface area (TPSA) is 77.9 Å². The van der Waals surface area contributed by atoms with Crippen LogP contribution in [0.15, 0.2) is 0 Å². The first-order valence-corrected chi connectivity index (χ1v) is 8.31. The van der Waals surface area contributed by atoms with Crippen molar-refractivity contribution in [1.82, 2.24) is 9.21 Å². The van der Waals surface area contributed by atoms with Crippen molar-refractivity contribution in [2.75, 3.05) is 39.0 Å². The van der Waals surface area contributed by atoms with Gasteiger partial charge in [0, 0.05) is 19.6 Å². The number of nitrogens with zero attached hydrogens (tertiary/aromatic N) is 2. The van der Waals surface area contributed by atoms with Crippen LogP contribution >= 0.6 is 0 Å². The molecule has 0 aromatic rings. The maximum Gasteiger partial charge on any atom is 0.406 e. The number of aliphatic hydroxyl groups excluding tert-OH is 1. The fourth-order valence-corrected chi connectivity index (χ4v) is 3.22. The molecule has 0 saturated carbocycles. The number of carbonyl (C=O) groups is 1. The molecule has 6 nitrogen and oxygen atoms in total. The quantitative estimate of drug-likeness (QED) is 0.771. The van der Waals surface area contributed by atoms with Crippen molar-refractivity contribution in [3.05, 3.63) is 0 Å². The van der Waals surface area contributed by atoms with E-state index in [1.54, 1.807) is 0 Å². The Morgan fingerprint density at radius 3 is 2.52 bits per heavy atom. The minimum atomic E-state index is -4.56. The summed E-state index contributed by atoms with van der Waals surface area (Å²) in [4.78, 5) is 12.7. The first-order chi connectivity index (χ1) is 9.54. The zero-order valence-corrected chi connectivity index (χ0v) is 12.5. The summed E-state index contributed by atoms with van der Waals surface area (Å²) in [6.45, 7) is -2.29. The molecule has 0 spiro atoms. The third-order valence-corrected chi connectivity index (χ3v) is 4.52. The maximum absolute atomic E-state index is 12.4. The van der Waals surface area contributed by atoms with E-state index in [1.807, 2.05) is 0 Å². The Balaban J connectivity index is 2.78. The Bertz CT molecular complexity index is 467. The third-order valence-electron chi connectivity index (χ3n) is 3.25. The first kappa shape index (κ1) is 18.2. The van der Waals surface area contributed by atoms with Gasteiger partial charge in [-0.3, -0.25) is 4.79 Å². The van der Waals surface area contributed by atoms with Gasteiger partial charge in [-0.25, -0.2) is 12.7 Å². The van der Waals surface area contributed by atoms with Crippen LogP contribution < -0.4 is 0 Å². The van der Waals surface area contributed by atoms with Crippen LogP contribution in [0.2, 0.25) is 0 Å². The molecular formula is C11H19F3N2O4S. The highest BCUT2D eigenvalue weighted by molar-refractivity contribution is 7.88. The molecule has 21 heavy (non-hydrogen) atoms. The molecule has 1 unspecified atom stereocenters. The van der Waals surface area contributed by atoms with E-state index in [1.165, 1.54) is 0 Å². The Kier molecular flexibility index (Phi) is 6.00. The maximum atomic E-state index is 12.4. The minimum Gasteiger partial charge on any atom is -0.395 e. The summed E-state index contributed by atoms with van der Waals surface area (Å²) in [7, 11) is -3.47. The summed E-state index contributed by atoms with van der Waals surface area (Å²) in [6, 6.07) is 0. The van der Waals surface area contributed by atoms with Crippen molar-refractivity contribution in [1.29, 1.82) is 0 Å². The van der Waals surface area contributed by atoms with Gasteiger partial charge >= 0.3 is 6.18 Å². The molecule has 124 valence electrons. The van der Waals surface area contributed by atoms with E-state index < -0.39 is 47.7 Å². The van der Waals surface area contributed by atoms with Crippen LogP contribution in [0.3, 0.4) is 0 Å². The van der Waals surface area contributed by atoms with Crippen LogP contribution in [0.25, 0.3) is 0 Å². The molecule has 0 radical (unpaired) electrons. The lowest BCUT2D eigenvalue weighted by Gasteiger charge is -2.33. The van der Waals surface area contributed by atoms with Gasteiger partial charge in [0.1, 0.15) is 6.54 Å². The molecule has 0 aromatic carbocycles. The van der Waals surface area contributed by atoms with Crippen LogP contribution in [0.1, 0.15) is 12.8 Å². The number of carbonyl (C=O) groups excluding carboxylic acids is 1. The Hall–Kier alpha value is -0.870. The van der Waals surface area contributed by atoms with Gasteiger partial charge in [0.25, 0.3) is 0 Å². The number of piperidine rings is 1. The number of rotatable bonds is 5. The fraction of sp³-hybridized carbons (Fsp3) is 0.909. The number of amides is 1. The molecule has 1 fully saturated rings. The molecule has 1 amide bonds. The molecule has 1 N–H and O–H groups in total. The van der Waals surface area contributed by atoms with Crippen LogP contribution in [0, 0.1) is 5.92 Å². The van der Waals surface area contributed by atoms with Gasteiger partial charge in [-0.1, -0.05) is 0 Å². The van der Waals surface area contributed by atoms with Crippen LogP contribution in [-0.4, -0.2) is 73.9 Å². The number of alkyl halides is 3. The fourth-order valence-electron chi connectivity index (χ4n) is 2.31. The average Bonchev–Trinajstić information content (AvgIpc) is 2.35. The lowest BCUT2D eigenvalue weighted by Crippen LogP contribution is -2.49. The summed E-state index contributed by atoms with van der Waals surface area (Å²) < 4.78 is 61.3. The second kappa shape index (κ2) is 6.93. The molecule has 10 heteroatoms. The van der Waals surface area contributed by atoms with E-state index in [2.05, 4.69) is 0 Å². The summed E-state index contributed by atoms with van der Waals surface area (Å²) in [5.41, 5.74) is 0. The van der Waals surface area contributed by atoms with Gasteiger partial charge < -0.3 is 10.0 Å². The number of halogens is 3. The predicted octanol–water partition coefficient (Wildman–Crippen LogP) is 0.0412. The molecular weight excluding hydrogens is 313 g/mol. The van der Waals surface area contributed by atoms with E-state index in [-0.39, 0.29) is 13.1 Å². The minimum absolute atomic E-state index is 0.114. The molecule has 1 heterocycles. The van der Waals surface area contributed by atoms with Gasteiger partial charge in [0.2, 0.25) is 15.9 Å². The monoisotopic (exact) mass is 332 g/mol. The SMILES string of the molecule is CS(=O)(=O)N1CCCC(C(=O)N(CCO)CC(F)(F)F)C1. The summed E-state index contributed by atoms with van der Waals surface area (Å²) >= 11 is 0. The molecule has 1 saturated heterocycles. The summed E-state index contributed by atoms with van der Waals surface area (Å²) in [6.07, 6.45) is -2.80. The molecule has 0 bridgehead atoms. The lowest BCUT2D eigenvalue weighted by molar-refractivity contribution is -0.165. The summed E-state index contributed by atoms with van der Waals surface area (Å²) in [5, 5.41) is 8.79. The lowest BCUT2D eigenvalue weighted by atomic mass is 9.98. The second-order valence-electron chi connectivity index (χ2n) is 5.06.